The number of anilines is 2. The molecule has 0 saturated heterocycles. The predicted molar refractivity (Wildman–Crippen MR) is 86.9 cm³/mol. The van der Waals surface area contributed by atoms with E-state index >= 15 is 0 Å². The van der Waals surface area contributed by atoms with Crippen LogP contribution in [0.4, 0.5) is 11.4 Å². The summed E-state index contributed by atoms with van der Waals surface area (Å²) in [6.45, 7) is 1.61. The largest absolute Gasteiger partial charge is 0.361 e. The van der Waals surface area contributed by atoms with Crippen LogP contribution in [0, 0.1) is 6.92 Å². The van der Waals surface area contributed by atoms with Gasteiger partial charge in [0.1, 0.15) is 11.3 Å². The van der Waals surface area contributed by atoms with Crippen molar-refractivity contribution in [1.82, 2.24) is 9.46 Å². The molecule has 0 aliphatic carbocycles. The number of rotatable bonds is 5. The maximum atomic E-state index is 12.1. The van der Waals surface area contributed by atoms with Crippen LogP contribution in [0.2, 0.25) is 5.02 Å². The van der Waals surface area contributed by atoms with Crippen LogP contribution in [0.25, 0.3) is 0 Å². The Bertz CT molecular complexity index is 832. The molecule has 2 N–H and O–H groups in total. The van der Waals surface area contributed by atoms with Gasteiger partial charge in [-0.05, 0) is 25.1 Å². The highest BCUT2D eigenvalue weighted by Crippen LogP contribution is 2.27. The lowest BCUT2D eigenvalue weighted by Gasteiger charge is -2.15. The lowest BCUT2D eigenvalue weighted by atomic mass is 10.2. The molecule has 23 heavy (non-hydrogen) atoms. The van der Waals surface area contributed by atoms with Gasteiger partial charge in [0.2, 0.25) is 0 Å². The maximum Gasteiger partial charge on any atom is 0.301 e. The molecule has 0 spiro atoms. The third-order valence-electron chi connectivity index (χ3n) is 2.94. The molecule has 0 radical (unpaired) electrons. The fourth-order valence-electron chi connectivity index (χ4n) is 1.63. The summed E-state index contributed by atoms with van der Waals surface area (Å²) in [4.78, 5) is 12.1. The number of hydrogen-bond acceptors (Lipinski definition) is 5. The molecule has 1 amide bonds. The number of nitrogens with zero attached hydrogens (tertiary/aromatic N) is 2. The highest BCUT2D eigenvalue weighted by molar-refractivity contribution is 7.90. The van der Waals surface area contributed by atoms with Gasteiger partial charge in [0.05, 0.1) is 16.9 Å². The van der Waals surface area contributed by atoms with Crippen LogP contribution in [0.5, 0.6) is 0 Å². The van der Waals surface area contributed by atoms with Crippen molar-refractivity contribution < 1.29 is 17.7 Å². The molecule has 0 bridgehead atoms. The van der Waals surface area contributed by atoms with E-state index in [-0.39, 0.29) is 16.3 Å². The summed E-state index contributed by atoms with van der Waals surface area (Å²) in [6.07, 6.45) is 1.30. The van der Waals surface area contributed by atoms with E-state index in [2.05, 4.69) is 15.2 Å². The fourth-order valence-corrected chi connectivity index (χ4v) is 2.48. The van der Waals surface area contributed by atoms with Crippen LogP contribution in [0.3, 0.4) is 0 Å². The lowest BCUT2D eigenvalue weighted by molar-refractivity contribution is 0.102. The molecular formula is C13H15ClN4O4S. The fraction of sp³-hybridized carbons (Fsp3) is 0.231. The Kier molecular flexibility index (Phi) is 4.93. The number of aryl methyl sites for hydroxylation is 1. The van der Waals surface area contributed by atoms with Gasteiger partial charge in [-0.1, -0.05) is 16.8 Å². The van der Waals surface area contributed by atoms with E-state index in [0.29, 0.717) is 11.4 Å². The smallest absolute Gasteiger partial charge is 0.301 e. The first-order valence-corrected chi connectivity index (χ1v) is 8.25. The molecule has 1 aromatic heterocycles. The van der Waals surface area contributed by atoms with Crippen molar-refractivity contribution in [3.8, 4) is 0 Å². The van der Waals surface area contributed by atoms with Crippen molar-refractivity contribution in [3.63, 3.8) is 0 Å². The Hall–Kier alpha value is -2.10. The normalized spacial score (nSPS) is 11.5. The number of carbonyl (C=O) groups excluding carboxylic acids is 1. The van der Waals surface area contributed by atoms with Crippen molar-refractivity contribution in [1.29, 1.82) is 0 Å². The second-order valence-electron chi connectivity index (χ2n) is 4.83. The standard InChI is InChI=1S/C13H15ClN4O4S/c1-8-10(7-15-22-8)13(19)16-9-4-5-11(14)12(6-9)17-23(20,21)18(2)3/h4-7,17H,1-3H3,(H,16,19). The molecule has 2 rings (SSSR count). The van der Waals surface area contributed by atoms with Crippen LogP contribution in [0.1, 0.15) is 16.1 Å². The van der Waals surface area contributed by atoms with E-state index in [1.54, 1.807) is 13.0 Å². The number of halogens is 1. The molecule has 0 saturated carbocycles. The Balaban J connectivity index is 2.24. The number of hydrogen-bond donors (Lipinski definition) is 2. The highest BCUT2D eigenvalue weighted by atomic mass is 35.5. The summed E-state index contributed by atoms with van der Waals surface area (Å²) in [7, 11) is -0.937. The molecule has 1 aromatic carbocycles. The summed E-state index contributed by atoms with van der Waals surface area (Å²) in [5, 5.41) is 6.35. The number of amides is 1. The minimum atomic E-state index is -3.71. The average Bonchev–Trinajstić information content (AvgIpc) is 2.88. The number of benzene rings is 1. The first kappa shape index (κ1) is 17.3. The third kappa shape index (κ3) is 4.01. The zero-order valence-corrected chi connectivity index (χ0v) is 14.2. The van der Waals surface area contributed by atoms with Gasteiger partial charge in [0, 0.05) is 19.8 Å². The first-order valence-electron chi connectivity index (χ1n) is 6.43. The zero-order valence-electron chi connectivity index (χ0n) is 12.6. The summed E-state index contributed by atoms with van der Waals surface area (Å²) >= 11 is 5.99. The van der Waals surface area contributed by atoms with Gasteiger partial charge in [-0.3, -0.25) is 9.52 Å². The lowest BCUT2D eigenvalue weighted by Crippen LogP contribution is -2.29. The average molecular weight is 359 g/mol. The van der Waals surface area contributed by atoms with Gasteiger partial charge < -0.3 is 9.84 Å². The van der Waals surface area contributed by atoms with E-state index in [4.69, 9.17) is 16.1 Å². The number of aromatic nitrogens is 1. The Morgan fingerprint density at radius 2 is 2.04 bits per heavy atom. The van der Waals surface area contributed by atoms with Crippen molar-refractivity contribution in [3.05, 3.63) is 40.7 Å². The monoisotopic (exact) mass is 358 g/mol. The van der Waals surface area contributed by atoms with Gasteiger partial charge in [-0.25, -0.2) is 0 Å². The van der Waals surface area contributed by atoms with E-state index in [9.17, 15) is 13.2 Å². The minimum Gasteiger partial charge on any atom is -0.361 e. The van der Waals surface area contributed by atoms with E-state index < -0.39 is 16.1 Å². The molecule has 0 fully saturated rings. The second kappa shape index (κ2) is 6.57. The molecule has 1 heterocycles. The molecular weight excluding hydrogens is 344 g/mol. The van der Waals surface area contributed by atoms with Gasteiger partial charge in [-0.15, -0.1) is 0 Å². The minimum absolute atomic E-state index is 0.153. The number of nitrogens with one attached hydrogen (secondary N) is 2. The van der Waals surface area contributed by atoms with Gasteiger partial charge in [0.25, 0.3) is 5.91 Å². The molecule has 0 unspecified atom stereocenters. The molecule has 0 aliphatic rings. The van der Waals surface area contributed by atoms with Gasteiger partial charge in [0.15, 0.2) is 0 Å². The van der Waals surface area contributed by atoms with Gasteiger partial charge >= 0.3 is 10.2 Å². The molecule has 10 heteroatoms. The quantitative estimate of drug-likeness (QED) is 0.851. The summed E-state index contributed by atoms with van der Waals surface area (Å²) in [5.41, 5.74) is 0.812. The number of carbonyl (C=O) groups is 1. The van der Waals surface area contributed by atoms with Crippen molar-refractivity contribution >= 4 is 39.1 Å². The summed E-state index contributed by atoms with van der Waals surface area (Å²) < 4.78 is 31.9. The summed E-state index contributed by atoms with van der Waals surface area (Å²) in [5.74, 6) is -0.0440. The molecule has 8 nitrogen and oxygen atoms in total. The van der Waals surface area contributed by atoms with Crippen LogP contribution >= 0.6 is 11.6 Å². The topological polar surface area (TPSA) is 105 Å². The van der Waals surface area contributed by atoms with Crippen LogP contribution in [-0.4, -0.2) is 37.9 Å². The van der Waals surface area contributed by atoms with E-state index in [1.807, 2.05) is 0 Å². The Morgan fingerprint density at radius 1 is 1.35 bits per heavy atom. The van der Waals surface area contributed by atoms with Crippen LogP contribution in [-0.2, 0) is 10.2 Å². The van der Waals surface area contributed by atoms with Gasteiger partial charge in [-0.2, -0.15) is 12.7 Å². The molecule has 2 aromatic rings. The Morgan fingerprint density at radius 3 is 2.61 bits per heavy atom. The van der Waals surface area contributed by atoms with Crippen LogP contribution < -0.4 is 10.0 Å². The predicted octanol–water partition coefficient (Wildman–Crippen LogP) is 2.11. The third-order valence-corrected chi connectivity index (χ3v) is 4.71. The van der Waals surface area contributed by atoms with E-state index in [1.165, 1.54) is 32.4 Å². The van der Waals surface area contributed by atoms with Crippen molar-refractivity contribution in [2.45, 2.75) is 6.92 Å². The van der Waals surface area contributed by atoms with Crippen LogP contribution in [0.15, 0.2) is 28.9 Å². The highest BCUT2D eigenvalue weighted by Gasteiger charge is 2.17. The Labute approximate surface area is 138 Å². The maximum absolute atomic E-state index is 12.1. The zero-order chi connectivity index (χ0) is 17.2. The molecule has 124 valence electrons. The SMILES string of the molecule is Cc1oncc1C(=O)Nc1ccc(Cl)c(NS(=O)(=O)N(C)C)c1. The van der Waals surface area contributed by atoms with Crippen molar-refractivity contribution in [2.75, 3.05) is 24.1 Å². The first-order chi connectivity index (χ1) is 10.7. The molecule has 0 atom stereocenters. The second-order valence-corrected chi connectivity index (χ2v) is 7.13. The summed E-state index contributed by atoms with van der Waals surface area (Å²) in [6, 6.07) is 4.45. The molecule has 0 aliphatic heterocycles. The van der Waals surface area contributed by atoms with Crippen molar-refractivity contribution in [2.24, 2.45) is 0 Å². The van der Waals surface area contributed by atoms with E-state index in [0.717, 1.165) is 4.31 Å².